The molecule has 0 aliphatic carbocycles. The van der Waals surface area contributed by atoms with Crippen molar-refractivity contribution in [3.63, 3.8) is 0 Å². The van der Waals surface area contributed by atoms with E-state index in [1.54, 1.807) is 9.36 Å². The third-order valence-corrected chi connectivity index (χ3v) is 5.13. The Morgan fingerprint density at radius 3 is 1.55 bits per heavy atom. The number of hydrogen-bond donors (Lipinski definition) is 0. The van der Waals surface area contributed by atoms with E-state index in [1.807, 2.05) is 24.8 Å². The molecule has 3 aromatic heterocycles. The van der Waals surface area contributed by atoms with Crippen LogP contribution < -0.4 is 0 Å². The van der Waals surface area contributed by atoms with E-state index in [0.29, 0.717) is 0 Å². The van der Waals surface area contributed by atoms with Gasteiger partial charge in [-0.05, 0) is 96.4 Å². The van der Waals surface area contributed by atoms with Crippen LogP contribution in [-0.2, 0) is 0 Å². The van der Waals surface area contributed by atoms with Gasteiger partial charge in [0.1, 0.15) is 0 Å². The highest BCUT2D eigenvalue weighted by atomic mass is 127. The number of hydrogen-bond acceptors (Lipinski definition) is 3. The SMILES string of the molecule is Ic1cnn(-c2nc(-n3cc(I)cn3)c(I)cc2I)c1. The van der Waals surface area contributed by atoms with Crippen LogP contribution in [0.25, 0.3) is 11.6 Å². The Bertz CT molecular complexity index is 717. The fourth-order valence-corrected chi connectivity index (χ4v) is 4.33. The molecular formula is C11H5I4N5. The molecule has 0 aliphatic heterocycles. The van der Waals surface area contributed by atoms with Crippen molar-refractivity contribution < 1.29 is 0 Å². The molecule has 20 heavy (non-hydrogen) atoms. The lowest BCUT2D eigenvalue weighted by Gasteiger charge is -2.09. The quantitative estimate of drug-likeness (QED) is 0.379. The molecule has 0 spiro atoms. The summed E-state index contributed by atoms with van der Waals surface area (Å²) in [6.45, 7) is 0. The molecule has 0 atom stereocenters. The van der Waals surface area contributed by atoms with Crippen molar-refractivity contribution in [1.82, 2.24) is 24.5 Å². The fraction of sp³-hybridized carbons (Fsp3) is 0. The average molecular weight is 715 g/mol. The Labute approximate surface area is 169 Å². The Morgan fingerprint density at radius 1 is 0.750 bits per heavy atom. The van der Waals surface area contributed by atoms with E-state index < -0.39 is 0 Å². The van der Waals surface area contributed by atoms with Crippen LogP contribution in [0.5, 0.6) is 0 Å². The van der Waals surface area contributed by atoms with E-state index in [-0.39, 0.29) is 0 Å². The van der Waals surface area contributed by atoms with Gasteiger partial charge in [0.25, 0.3) is 0 Å². The lowest BCUT2D eigenvalue weighted by atomic mass is 10.4. The number of aromatic nitrogens is 5. The molecule has 0 N–H and O–H groups in total. The van der Waals surface area contributed by atoms with Crippen LogP contribution in [0, 0.1) is 14.3 Å². The van der Waals surface area contributed by atoms with Gasteiger partial charge >= 0.3 is 0 Å². The van der Waals surface area contributed by atoms with E-state index in [0.717, 1.165) is 25.9 Å². The van der Waals surface area contributed by atoms with Gasteiger partial charge in [-0.3, -0.25) is 0 Å². The molecule has 0 aliphatic rings. The summed E-state index contributed by atoms with van der Waals surface area (Å²) in [6, 6.07) is 2.09. The summed E-state index contributed by atoms with van der Waals surface area (Å²) in [5.74, 6) is 1.63. The molecule has 0 radical (unpaired) electrons. The summed E-state index contributed by atoms with van der Waals surface area (Å²) in [4.78, 5) is 4.72. The minimum Gasteiger partial charge on any atom is -0.220 e. The average Bonchev–Trinajstić information content (AvgIpc) is 2.99. The second-order valence-corrected chi connectivity index (χ2v) is 8.62. The maximum Gasteiger partial charge on any atom is 0.169 e. The van der Waals surface area contributed by atoms with Crippen LogP contribution >= 0.6 is 90.4 Å². The Balaban J connectivity index is 2.17. The molecule has 0 amide bonds. The van der Waals surface area contributed by atoms with Gasteiger partial charge in [-0.2, -0.15) is 10.2 Å². The first-order valence-corrected chi connectivity index (χ1v) is 9.63. The summed E-state index contributed by atoms with van der Waals surface area (Å²) in [5, 5.41) is 8.65. The third-order valence-electron chi connectivity index (χ3n) is 2.43. The zero-order valence-electron chi connectivity index (χ0n) is 9.63. The maximum atomic E-state index is 4.72. The van der Waals surface area contributed by atoms with Gasteiger partial charge in [-0.15, -0.1) is 0 Å². The molecule has 0 saturated heterocycles. The largest absolute Gasteiger partial charge is 0.220 e. The van der Waals surface area contributed by atoms with E-state index >= 15 is 0 Å². The van der Waals surface area contributed by atoms with Crippen molar-refractivity contribution in [3.05, 3.63) is 45.1 Å². The van der Waals surface area contributed by atoms with Crippen molar-refractivity contribution in [1.29, 1.82) is 0 Å². The predicted octanol–water partition coefficient (Wildman–Crippen LogP) is 3.87. The van der Waals surface area contributed by atoms with E-state index in [2.05, 4.69) is 107 Å². The molecule has 3 rings (SSSR count). The molecular weight excluding hydrogens is 710 g/mol. The topological polar surface area (TPSA) is 48.5 Å². The number of halogens is 4. The van der Waals surface area contributed by atoms with Crippen molar-refractivity contribution >= 4 is 90.4 Å². The predicted molar refractivity (Wildman–Crippen MR) is 109 cm³/mol. The standard InChI is InChI=1S/C11H5I4N5/c12-6-2-16-19(4-6)10-8(14)1-9(15)11(18-10)20-5-7(13)3-17-20/h1-5H. The smallest absolute Gasteiger partial charge is 0.169 e. The van der Waals surface area contributed by atoms with Crippen molar-refractivity contribution in [2.45, 2.75) is 0 Å². The van der Waals surface area contributed by atoms with Gasteiger partial charge in [-0.25, -0.2) is 14.3 Å². The van der Waals surface area contributed by atoms with Gasteiger partial charge in [0, 0.05) is 12.4 Å². The van der Waals surface area contributed by atoms with Crippen LogP contribution in [0.3, 0.4) is 0 Å². The molecule has 0 aromatic carbocycles. The monoisotopic (exact) mass is 715 g/mol. The molecule has 0 fully saturated rings. The highest BCUT2D eigenvalue weighted by molar-refractivity contribution is 14.1. The number of pyridine rings is 1. The van der Waals surface area contributed by atoms with Gasteiger partial charge in [0.15, 0.2) is 11.6 Å². The first-order valence-electron chi connectivity index (χ1n) is 5.32. The molecule has 0 unspecified atom stereocenters. The summed E-state index contributed by atoms with van der Waals surface area (Å²) >= 11 is 9.03. The first kappa shape index (κ1) is 15.4. The lowest BCUT2D eigenvalue weighted by molar-refractivity contribution is 0.795. The summed E-state index contributed by atoms with van der Waals surface area (Å²) in [6.07, 6.45) is 7.53. The zero-order valence-corrected chi connectivity index (χ0v) is 18.3. The summed E-state index contributed by atoms with van der Waals surface area (Å²) < 4.78 is 7.84. The molecule has 102 valence electrons. The maximum absolute atomic E-state index is 4.72. The second kappa shape index (κ2) is 6.31. The van der Waals surface area contributed by atoms with E-state index in [1.165, 1.54) is 0 Å². The van der Waals surface area contributed by atoms with Crippen LogP contribution in [0.2, 0.25) is 0 Å². The minimum atomic E-state index is 0.814. The van der Waals surface area contributed by atoms with Gasteiger partial charge in [0.05, 0.1) is 26.7 Å². The summed E-state index contributed by atoms with van der Waals surface area (Å²) in [5.41, 5.74) is 0. The van der Waals surface area contributed by atoms with Gasteiger partial charge in [-0.1, -0.05) is 0 Å². The minimum absolute atomic E-state index is 0.814. The molecule has 3 heterocycles. The van der Waals surface area contributed by atoms with E-state index in [9.17, 15) is 0 Å². The van der Waals surface area contributed by atoms with Gasteiger partial charge in [0.2, 0.25) is 0 Å². The van der Waals surface area contributed by atoms with Crippen molar-refractivity contribution in [2.24, 2.45) is 0 Å². The molecule has 0 bridgehead atoms. The second-order valence-electron chi connectivity index (χ2n) is 3.81. The first-order chi connectivity index (χ1) is 9.54. The summed E-state index contributed by atoms with van der Waals surface area (Å²) in [7, 11) is 0. The molecule has 9 heteroatoms. The molecule has 5 nitrogen and oxygen atoms in total. The highest BCUT2D eigenvalue weighted by Crippen LogP contribution is 2.23. The van der Waals surface area contributed by atoms with Gasteiger partial charge < -0.3 is 0 Å². The van der Waals surface area contributed by atoms with Crippen LogP contribution in [-0.4, -0.2) is 24.5 Å². The Hall–Kier alpha value is 0.490. The zero-order chi connectivity index (χ0) is 14.3. The van der Waals surface area contributed by atoms with E-state index in [4.69, 9.17) is 4.98 Å². The highest BCUT2D eigenvalue weighted by Gasteiger charge is 2.13. The Kier molecular flexibility index (Phi) is 4.86. The molecule has 0 saturated carbocycles. The fourth-order valence-electron chi connectivity index (χ4n) is 1.60. The number of rotatable bonds is 2. The normalized spacial score (nSPS) is 11.0. The number of nitrogens with zero attached hydrogens (tertiary/aromatic N) is 5. The third kappa shape index (κ3) is 3.13. The van der Waals surface area contributed by atoms with Crippen LogP contribution in [0.15, 0.2) is 30.9 Å². The van der Waals surface area contributed by atoms with Crippen LogP contribution in [0.1, 0.15) is 0 Å². The lowest BCUT2D eigenvalue weighted by Crippen LogP contribution is -2.08. The van der Waals surface area contributed by atoms with Crippen LogP contribution in [0.4, 0.5) is 0 Å². The van der Waals surface area contributed by atoms with Crippen molar-refractivity contribution in [2.75, 3.05) is 0 Å². The Morgan fingerprint density at radius 2 is 1.20 bits per heavy atom. The van der Waals surface area contributed by atoms with Crippen molar-refractivity contribution in [3.8, 4) is 11.6 Å². The molecule has 3 aromatic rings.